The third-order valence-electron chi connectivity index (χ3n) is 4.38. The molecule has 1 aromatic heterocycles. The number of methoxy groups -OCH3 is 1. The van der Waals surface area contributed by atoms with Crippen LogP contribution in [0, 0.1) is 0 Å². The Hall–Kier alpha value is -1.47. The van der Waals surface area contributed by atoms with Crippen molar-refractivity contribution in [2.45, 2.75) is 25.8 Å². The number of aromatic nitrogens is 2. The molecule has 0 atom stereocenters. The summed E-state index contributed by atoms with van der Waals surface area (Å²) in [5.74, 6) is 2.49. The number of fused-ring (bicyclic) bond motifs is 4. The van der Waals surface area contributed by atoms with Gasteiger partial charge in [0, 0.05) is 31.0 Å². The molecule has 0 unspecified atom stereocenters. The molecule has 1 aliphatic heterocycles. The van der Waals surface area contributed by atoms with E-state index in [0.29, 0.717) is 6.61 Å². The summed E-state index contributed by atoms with van der Waals surface area (Å²) in [5, 5.41) is 6.95. The van der Waals surface area contributed by atoms with E-state index in [1.54, 1.807) is 7.11 Å². The Labute approximate surface area is 173 Å². The summed E-state index contributed by atoms with van der Waals surface area (Å²) in [7, 11) is 1.67. The summed E-state index contributed by atoms with van der Waals surface area (Å²) < 4.78 is 13.6. The Bertz CT molecular complexity index is 667. The van der Waals surface area contributed by atoms with Crippen LogP contribution in [0.15, 0.2) is 30.6 Å². The summed E-state index contributed by atoms with van der Waals surface area (Å²) >= 11 is 0. The second kappa shape index (κ2) is 12.8. The van der Waals surface area contributed by atoms with E-state index in [-0.39, 0.29) is 24.8 Å². The normalized spacial score (nSPS) is 15.9. The minimum atomic E-state index is 0. The van der Waals surface area contributed by atoms with Gasteiger partial charge in [0.2, 0.25) is 0 Å². The van der Waals surface area contributed by atoms with Crippen LogP contribution < -0.4 is 20.1 Å². The van der Waals surface area contributed by atoms with E-state index < -0.39 is 0 Å². The van der Waals surface area contributed by atoms with Gasteiger partial charge in [-0.05, 0) is 57.1 Å². The van der Waals surface area contributed by atoms with Crippen molar-refractivity contribution in [1.29, 1.82) is 0 Å². The van der Waals surface area contributed by atoms with E-state index in [2.05, 4.69) is 20.2 Å². The number of nitrogens with zero attached hydrogens (tertiary/aromatic N) is 2. The van der Waals surface area contributed by atoms with Crippen LogP contribution in [0.2, 0.25) is 0 Å². The zero-order valence-electron chi connectivity index (χ0n) is 15.8. The first-order valence-electron chi connectivity index (χ1n) is 9.12. The van der Waals surface area contributed by atoms with Crippen molar-refractivity contribution in [3.05, 3.63) is 30.6 Å². The van der Waals surface area contributed by atoms with Crippen LogP contribution in [0.5, 0.6) is 11.5 Å². The smallest absolute Gasteiger partial charge is 0.161 e. The van der Waals surface area contributed by atoms with Crippen LogP contribution in [0.1, 0.15) is 19.3 Å². The number of ether oxygens (including phenoxy) is 2. The predicted molar refractivity (Wildman–Crippen MR) is 114 cm³/mol. The molecule has 8 heteroatoms. The highest BCUT2D eigenvalue weighted by atomic mass is 35.5. The molecule has 0 saturated heterocycles. The maximum atomic E-state index is 5.95. The third-order valence-corrected chi connectivity index (χ3v) is 4.38. The monoisotopic (exact) mass is 416 g/mol. The lowest BCUT2D eigenvalue weighted by molar-refractivity contribution is 0.292. The minimum Gasteiger partial charge on any atom is -0.493 e. The van der Waals surface area contributed by atoms with Gasteiger partial charge in [-0.15, -0.1) is 24.8 Å². The second-order valence-corrected chi connectivity index (χ2v) is 6.22. The van der Waals surface area contributed by atoms with Gasteiger partial charge in [0.05, 0.1) is 7.11 Å². The topological polar surface area (TPSA) is 60.3 Å². The molecule has 0 aliphatic carbocycles. The summed E-state index contributed by atoms with van der Waals surface area (Å²) in [6, 6.07) is 6.01. The first kappa shape index (κ1) is 23.6. The fourth-order valence-corrected chi connectivity index (χ4v) is 3.04. The van der Waals surface area contributed by atoms with E-state index in [1.165, 1.54) is 12.8 Å². The maximum absolute atomic E-state index is 5.95. The van der Waals surface area contributed by atoms with Crippen molar-refractivity contribution in [1.82, 2.24) is 20.2 Å². The van der Waals surface area contributed by atoms with Gasteiger partial charge in [0.1, 0.15) is 12.4 Å². The Balaban J connectivity index is 0.00000182. The number of hydrogen-bond donors (Lipinski definition) is 2. The Morgan fingerprint density at radius 3 is 2.56 bits per heavy atom. The highest BCUT2D eigenvalue weighted by molar-refractivity contribution is 5.85. The van der Waals surface area contributed by atoms with E-state index >= 15 is 0 Å². The molecule has 0 spiro atoms. The van der Waals surface area contributed by atoms with Gasteiger partial charge in [-0.3, -0.25) is 0 Å². The zero-order chi connectivity index (χ0) is 17.3. The van der Waals surface area contributed by atoms with Gasteiger partial charge in [0.15, 0.2) is 11.5 Å². The first-order chi connectivity index (χ1) is 12.4. The highest BCUT2D eigenvalue weighted by Crippen LogP contribution is 2.32. The number of halogens is 2. The molecule has 0 radical (unpaired) electrons. The Morgan fingerprint density at radius 2 is 1.78 bits per heavy atom. The number of aryl methyl sites for hydroxylation is 1. The number of rotatable bonds is 1. The Kier molecular flexibility index (Phi) is 11.2. The van der Waals surface area contributed by atoms with Crippen molar-refractivity contribution in [2.75, 3.05) is 39.9 Å². The van der Waals surface area contributed by atoms with Gasteiger partial charge in [0.25, 0.3) is 0 Å². The van der Waals surface area contributed by atoms with E-state index in [4.69, 9.17) is 9.47 Å². The summed E-state index contributed by atoms with van der Waals surface area (Å²) in [4.78, 5) is 4.54. The lowest BCUT2D eigenvalue weighted by Gasteiger charge is -2.13. The van der Waals surface area contributed by atoms with Crippen molar-refractivity contribution < 1.29 is 9.47 Å². The maximum Gasteiger partial charge on any atom is 0.161 e. The molecule has 1 aromatic carbocycles. The molecular weight excluding hydrogens is 387 g/mol. The predicted octanol–water partition coefficient (Wildman–Crippen LogP) is 3.14. The number of nitrogens with one attached hydrogen (secondary N) is 2. The highest BCUT2D eigenvalue weighted by Gasteiger charge is 2.11. The van der Waals surface area contributed by atoms with Crippen LogP contribution >= 0.6 is 24.8 Å². The van der Waals surface area contributed by atoms with Gasteiger partial charge >= 0.3 is 0 Å². The second-order valence-electron chi connectivity index (χ2n) is 6.22. The van der Waals surface area contributed by atoms with Crippen LogP contribution in [0.4, 0.5) is 0 Å². The average molecular weight is 417 g/mol. The molecule has 2 bridgehead atoms. The fourth-order valence-electron chi connectivity index (χ4n) is 3.04. The van der Waals surface area contributed by atoms with Gasteiger partial charge in [-0.1, -0.05) is 0 Å². The number of imidazole rings is 1. The van der Waals surface area contributed by atoms with Gasteiger partial charge < -0.3 is 24.7 Å². The molecule has 2 heterocycles. The number of benzene rings is 1. The van der Waals surface area contributed by atoms with Crippen molar-refractivity contribution >= 4 is 24.8 Å². The van der Waals surface area contributed by atoms with E-state index in [9.17, 15) is 0 Å². The van der Waals surface area contributed by atoms with Crippen LogP contribution in [0.25, 0.3) is 11.4 Å². The largest absolute Gasteiger partial charge is 0.493 e. The van der Waals surface area contributed by atoms with Gasteiger partial charge in [-0.25, -0.2) is 4.98 Å². The number of hydrogen-bond acceptors (Lipinski definition) is 5. The lowest BCUT2D eigenvalue weighted by Crippen LogP contribution is -2.23. The molecule has 0 fully saturated rings. The standard InChI is InChI=1S/C19H28N4O2.2ClH/c1-24-17-6-5-16-15-18(17)25-14-11-21-8-3-2-7-20-9-4-12-23-13-10-22-19(16)23;;/h5-6,10,13,15,20-21H,2-4,7-9,11-12,14H2,1H3;2*1H. The fraction of sp³-hybridized carbons (Fsp3) is 0.526. The van der Waals surface area contributed by atoms with Gasteiger partial charge in [-0.2, -0.15) is 0 Å². The molecule has 0 saturated carbocycles. The molecule has 27 heavy (non-hydrogen) atoms. The Morgan fingerprint density at radius 1 is 1.04 bits per heavy atom. The summed E-state index contributed by atoms with van der Waals surface area (Å²) in [6.45, 7) is 5.53. The zero-order valence-corrected chi connectivity index (χ0v) is 17.4. The molecule has 152 valence electrons. The SMILES string of the molecule is COc1ccc2cc1OCCNCCCCNCCCn1ccnc1-2.Cl.Cl. The molecule has 2 aromatic rings. The van der Waals surface area contributed by atoms with Crippen molar-refractivity contribution in [3.63, 3.8) is 0 Å². The van der Waals surface area contributed by atoms with Crippen molar-refractivity contribution in [3.8, 4) is 22.9 Å². The molecule has 6 nitrogen and oxygen atoms in total. The van der Waals surface area contributed by atoms with Crippen LogP contribution in [-0.2, 0) is 6.54 Å². The summed E-state index contributed by atoms with van der Waals surface area (Å²) in [6.07, 6.45) is 7.35. The van der Waals surface area contributed by atoms with E-state index in [1.807, 2.05) is 30.6 Å². The minimum absolute atomic E-state index is 0. The molecule has 0 amide bonds. The molecule has 3 rings (SSSR count). The third kappa shape index (κ3) is 6.88. The van der Waals surface area contributed by atoms with E-state index in [0.717, 1.165) is 62.0 Å². The first-order valence-corrected chi connectivity index (χ1v) is 9.12. The summed E-state index contributed by atoms with van der Waals surface area (Å²) in [5.41, 5.74) is 1.05. The molecule has 2 N–H and O–H groups in total. The lowest BCUT2D eigenvalue weighted by atomic mass is 10.2. The van der Waals surface area contributed by atoms with Crippen LogP contribution in [-0.4, -0.2) is 49.4 Å². The molecule has 1 aliphatic rings. The quantitative estimate of drug-likeness (QED) is 0.747. The van der Waals surface area contributed by atoms with Crippen LogP contribution in [0.3, 0.4) is 0 Å². The molecular formula is C19H30Cl2N4O2. The van der Waals surface area contributed by atoms with Crippen molar-refractivity contribution in [2.24, 2.45) is 0 Å². The average Bonchev–Trinajstić information content (AvgIpc) is 3.10.